The molecule has 0 aromatic heterocycles. The van der Waals surface area contributed by atoms with Gasteiger partial charge in [-0.25, -0.2) is 4.79 Å². The second-order valence-corrected chi connectivity index (χ2v) is 3.75. The van der Waals surface area contributed by atoms with Crippen LogP contribution >= 0.6 is 0 Å². The normalized spacial score (nSPS) is 10.2. The molecule has 0 saturated carbocycles. The van der Waals surface area contributed by atoms with Crippen LogP contribution in [0.4, 0.5) is 10.5 Å². The number of anilines is 1. The van der Waals surface area contributed by atoms with Crippen molar-refractivity contribution in [2.75, 3.05) is 33.2 Å². The van der Waals surface area contributed by atoms with Crippen molar-refractivity contribution in [3.63, 3.8) is 0 Å². The third kappa shape index (κ3) is 4.30. The first-order valence-corrected chi connectivity index (χ1v) is 5.74. The first kappa shape index (κ1) is 16.1. The van der Waals surface area contributed by atoms with Gasteiger partial charge < -0.3 is 14.2 Å². The monoisotopic (exact) mass is 283 g/mol. The number of methoxy groups -OCH3 is 2. The van der Waals surface area contributed by atoms with Crippen molar-refractivity contribution in [1.29, 1.82) is 0 Å². The van der Waals surface area contributed by atoms with Crippen molar-refractivity contribution in [3.05, 3.63) is 29.3 Å². The van der Waals surface area contributed by atoms with Gasteiger partial charge in [0.05, 0.1) is 26.5 Å². The van der Waals surface area contributed by atoms with E-state index in [0.29, 0.717) is 23.1 Å². The summed E-state index contributed by atoms with van der Waals surface area (Å²) in [5.74, 6) is 0. The largest absolute Gasteiger partial charge is 0.451 e. The van der Waals surface area contributed by atoms with Crippen LogP contribution in [-0.2, 0) is 25.7 Å². The lowest BCUT2D eigenvalue weighted by molar-refractivity contribution is -0.0390. The molecule has 0 aliphatic heterocycles. The Bertz CT molecular complexity index is 462. The van der Waals surface area contributed by atoms with Crippen molar-refractivity contribution < 1.29 is 28.6 Å². The van der Waals surface area contributed by atoms with Crippen LogP contribution in [-0.4, -0.2) is 40.5 Å². The summed E-state index contributed by atoms with van der Waals surface area (Å²) in [4.78, 5) is 27.5. The number of amides is 1. The minimum atomic E-state index is -0.695. The Labute approximate surface area is 116 Å². The molecule has 7 heteroatoms. The highest BCUT2D eigenvalue weighted by molar-refractivity contribution is 5.87. The van der Waals surface area contributed by atoms with Crippen LogP contribution in [0.3, 0.4) is 0 Å². The van der Waals surface area contributed by atoms with E-state index in [4.69, 9.17) is 14.3 Å². The average Bonchev–Trinajstić information content (AvgIpc) is 2.47. The molecule has 0 spiro atoms. The van der Waals surface area contributed by atoms with Crippen LogP contribution in [0.15, 0.2) is 18.2 Å². The Morgan fingerprint density at radius 2 is 2.00 bits per heavy atom. The van der Waals surface area contributed by atoms with E-state index in [1.54, 1.807) is 12.1 Å². The highest BCUT2D eigenvalue weighted by atomic mass is 16.7. The number of aldehydes is 1. The van der Waals surface area contributed by atoms with E-state index >= 15 is 0 Å². The lowest BCUT2D eigenvalue weighted by Gasteiger charge is -2.19. The van der Waals surface area contributed by atoms with E-state index in [1.165, 1.54) is 27.4 Å². The van der Waals surface area contributed by atoms with Crippen LogP contribution in [0.25, 0.3) is 0 Å². The molecule has 0 bridgehead atoms. The van der Waals surface area contributed by atoms with Crippen LogP contribution < -0.4 is 5.06 Å². The van der Waals surface area contributed by atoms with Crippen molar-refractivity contribution in [1.82, 2.24) is 0 Å². The number of hydrogen-bond acceptors (Lipinski definition) is 6. The Kier molecular flexibility index (Phi) is 6.65. The predicted molar refractivity (Wildman–Crippen MR) is 70.4 cm³/mol. The zero-order valence-electron chi connectivity index (χ0n) is 11.6. The van der Waals surface area contributed by atoms with Crippen LogP contribution in [0.5, 0.6) is 0 Å². The molecule has 7 nitrogen and oxygen atoms in total. The van der Waals surface area contributed by atoms with E-state index in [-0.39, 0.29) is 13.4 Å². The molecule has 0 fully saturated rings. The fourth-order valence-corrected chi connectivity index (χ4v) is 1.58. The summed E-state index contributed by atoms with van der Waals surface area (Å²) in [5, 5.41) is 0.937. The highest BCUT2D eigenvalue weighted by Gasteiger charge is 2.17. The van der Waals surface area contributed by atoms with Crippen molar-refractivity contribution >= 4 is 18.1 Å². The van der Waals surface area contributed by atoms with Gasteiger partial charge in [0, 0.05) is 12.7 Å². The summed E-state index contributed by atoms with van der Waals surface area (Å²) in [5.41, 5.74) is 1.47. The van der Waals surface area contributed by atoms with E-state index < -0.39 is 6.09 Å². The molecule has 1 aromatic rings. The van der Waals surface area contributed by atoms with Crippen molar-refractivity contribution in [2.45, 2.75) is 6.61 Å². The summed E-state index contributed by atoms with van der Waals surface area (Å²) >= 11 is 0. The molecule has 0 aliphatic carbocycles. The number of benzene rings is 1. The maximum Gasteiger partial charge on any atom is 0.438 e. The lowest BCUT2D eigenvalue weighted by Crippen LogP contribution is -2.29. The molecule has 0 saturated heterocycles. The molecule has 1 rings (SSSR count). The predicted octanol–water partition coefficient (Wildman–Crippen LogP) is 1.75. The highest BCUT2D eigenvalue weighted by Crippen LogP contribution is 2.20. The van der Waals surface area contributed by atoms with Gasteiger partial charge in [-0.15, -0.1) is 0 Å². The van der Waals surface area contributed by atoms with E-state index in [9.17, 15) is 9.59 Å². The fourth-order valence-electron chi connectivity index (χ4n) is 1.58. The number of ether oxygens (including phenoxy) is 3. The summed E-state index contributed by atoms with van der Waals surface area (Å²) < 4.78 is 14.6. The van der Waals surface area contributed by atoms with Gasteiger partial charge >= 0.3 is 6.09 Å². The zero-order chi connectivity index (χ0) is 15.0. The third-order valence-corrected chi connectivity index (χ3v) is 2.36. The van der Waals surface area contributed by atoms with E-state index in [1.807, 2.05) is 0 Å². The number of carbonyl (C=O) groups is 2. The molecular weight excluding hydrogens is 266 g/mol. The number of hydrogen-bond donors (Lipinski definition) is 0. The zero-order valence-corrected chi connectivity index (χ0v) is 11.6. The van der Waals surface area contributed by atoms with Gasteiger partial charge in [-0.3, -0.25) is 9.63 Å². The standard InChI is InChI=1S/C13H17NO6/c1-17-9-20-8-11-4-10(7-15)5-12(6-11)14(19-3)13(16)18-2/h4-7H,8-9H2,1-3H3. The lowest BCUT2D eigenvalue weighted by atomic mass is 10.1. The van der Waals surface area contributed by atoms with Gasteiger partial charge in [0.25, 0.3) is 0 Å². The topological polar surface area (TPSA) is 74.3 Å². The first-order valence-electron chi connectivity index (χ1n) is 5.74. The summed E-state index contributed by atoms with van der Waals surface area (Å²) in [7, 11) is 4.07. The Balaban J connectivity index is 3.02. The van der Waals surface area contributed by atoms with Gasteiger partial charge in [-0.2, -0.15) is 5.06 Å². The maximum absolute atomic E-state index is 11.6. The Hall–Kier alpha value is -1.96. The quantitative estimate of drug-likeness (QED) is 0.328. The fraction of sp³-hybridized carbons (Fsp3) is 0.385. The number of rotatable bonds is 7. The molecule has 0 heterocycles. The molecule has 110 valence electrons. The van der Waals surface area contributed by atoms with Gasteiger partial charge in [-0.1, -0.05) is 0 Å². The minimum absolute atomic E-state index is 0.131. The second kappa shape index (κ2) is 8.26. The van der Waals surface area contributed by atoms with E-state index in [0.717, 1.165) is 5.06 Å². The molecule has 20 heavy (non-hydrogen) atoms. The average molecular weight is 283 g/mol. The molecule has 1 amide bonds. The van der Waals surface area contributed by atoms with Crippen LogP contribution in [0.2, 0.25) is 0 Å². The maximum atomic E-state index is 11.6. The van der Waals surface area contributed by atoms with Gasteiger partial charge in [0.2, 0.25) is 0 Å². The van der Waals surface area contributed by atoms with Crippen LogP contribution in [0, 0.1) is 0 Å². The van der Waals surface area contributed by atoms with Crippen molar-refractivity contribution in [2.24, 2.45) is 0 Å². The smallest absolute Gasteiger partial charge is 0.438 e. The molecule has 0 N–H and O–H groups in total. The third-order valence-electron chi connectivity index (χ3n) is 2.36. The summed E-state index contributed by atoms with van der Waals surface area (Å²) in [6.07, 6.45) is -0.0200. The Morgan fingerprint density at radius 3 is 2.55 bits per heavy atom. The molecule has 0 radical (unpaired) electrons. The van der Waals surface area contributed by atoms with Gasteiger partial charge in [-0.05, 0) is 23.8 Å². The molecule has 1 aromatic carbocycles. The minimum Gasteiger partial charge on any atom is -0.451 e. The summed E-state index contributed by atoms with van der Waals surface area (Å²) in [6, 6.07) is 4.81. The Morgan fingerprint density at radius 1 is 1.25 bits per heavy atom. The van der Waals surface area contributed by atoms with E-state index in [2.05, 4.69) is 4.74 Å². The number of hydroxylamine groups is 1. The molecule has 0 unspecified atom stereocenters. The molecule has 0 atom stereocenters. The second-order valence-electron chi connectivity index (χ2n) is 3.75. The SMILES string of the molecule is COCOCc1cc(C=O)cc(N(OC)C(=O)OC)c1. The molecule has 0 aliphatic rings. The van der Waals surface area contributed by atoms with Gasteiger partial charge in [0.1, 0.15) is 13.1 Å². The van der Waals surface area contributed by atoms with Crippen molar-refractivity contribution in [3.8, 4) is 0 Å². The van der Waals surface area contributed by atoms with Gasteiger partial charge in [0.15, 0.2) is 0 Å². The first-order chi connectivity index (χ1) is 9.65. The summed E-state index contributed by atoms with van der Waals surface area (Å²) in [6.45, 7) is 0.368. The number of nitrogens with zero attached hydrogens (tertiary/aromatic N) is 1. The molecular formula is C13H17NO6. The number of carbonyl (C=O) groups excluding carboxylic acids is 2. The van der Waals surface area contributed by atoms with Crippen LogP contribution in [0.1, 0.15) is 15.9 Å².